The number of aryl methyl sites for hydroxylation is 1. The van der Waals surface area contributed by atoms with Crippen molar-refractivity contribution < 1.29 is 14.1 Å². The topological polar surface area (TPSA) is 85.8 Å². The summed E-state index contributed by atoms with van der Waals surface area (Å²) in [7, 11) is 0. The lowest BCUT2D eigenvalue weighted by Crippen LogP contribution is -2.22. The molecule has 2 aromatic heterocycles. The van der Waals surface area contributed by atoms with Crippen molar-refractivity contribution in [2.75, 3.05) is 5.32 Å². The molecule has 3 aromatic rings. The lowest BCUT2D eigenvalue weighted by Gasteiger charge is -2.16. The molecule has 0 aliphatic rings. The average molecular weight is 404 g/mol. The molecule has 8 heteroatoms. The van der Waals surface area contributed by atoms with Gasteiger partial charge in [0.1, 0.15) is 18.1 Å². The van der Waals surface area contributed by atoms with E-state index in [1.165, 1.54) is 6.07 Å². The van der Waals surface area contributed by atoms with Gasteiger partial charge in [-0.1, -0.05) is 25.4 Å². The van der Waals surface area contributed by atoms with Crippen molar-refractivity contribution in [1.82, 2.24) is 9.56 Å². The van der Waals surface area contributed by atoms with Crippen LogP contribution in [0.4, 0.5) is 5.69 Å². The summed E-state index contributed by atoms with van der Waals surface area (Å²) in [6, 6.07) is 8.03. The molecule has 0 fully saturated rings. The number of benzene rings is 1. The third-order valence-electron chi connectivity index (χ3n) is 4.46. The fourth-order valence-electron chi connectivity index (χ4n) is 2.92. The molecule has 0 radical (unpaired) electrons. The van der Waals surface area contributed by atoms with Gasteiger partial charge in [-0.05, 0) is 38.0 Å². The molecule has 1 amide bonds. The maximum absolute atomic E-state index is 12.4. The van der Waals surface area contributed by atoms with Crippen molar-refractivity contribution in [3.8, 4) is 5.75 Å². The summed E-state index contributed by atoms with van der Waals surface area (Å²) in [5, 5.41) is 3.37. The van der Waals surface area contributed by atoms with E-state index in [2.05, 4.69) is 10.3 Å². The Labute approximate surface area is 167 Å². The second kappa shape index (κ2) is 8.48. The van der Waals surface area contributed by atoms with Crippen LogP contribution in [-0.2, 0) is 11.4 Å². The van der Waals surface area contributed by atoms with Crippen LogP contribution in [0.1, 0.15) is 38.1 Å². The molecule has 2 heterocycles. The zero-order valence-electron chi connectivity index (χ0n) is 16.0. The van der Waals surface area contributed by atoms with E-state index in [0.717, 1.165) is 17.4 Å². The number of fused-ring (bicyclic) bond motifs is 1. The Bertz CT molecular complexity index is 1050. The minimum Gasteiger partial charge on any atom is -0.485 e. The summed E-state index contributed by atoms with van der Waals surface area (Å²) >= 11 is 6.08. The number of nitrogens with one attached hydrogen (secondary N) is 1. The Hall–Kier alpha value is -2.80. The molecular formula is C20H22ClN3O4. The summed E-state index contributed by atoms with van der Waals surface area (Å²) in [5.74, 6) is 0.880. The molecule has 28 heavy (non-hydrogen) atoms. The van der Waals surface area contributed by atoms with Crippen molar-refractivity contribution in [3.63, 3.8) is 0 Å². The van der Waals surface area contributed by atoms with Gasteiger partial charge in [-0.3, -0.25) is 9.59 Å². The molecule has 0 aliphatic heterocycles. The molecule has 1 aromatic carbocycles. The summed E-state index contributed by atoms with van der Waals surface area (Å²) in [6.07, 6.45) is 1.49. The number of carbonyl (C=O) groups is 1. The lowest BCUT2D eigenvalue weighted by atomic mass is 10.0. The number of carbonyl (C=O) groups excluding carboxylic acids is 1. The van der Waals surface area contributed by atoms with Crippen LogP contribution in [0.2, 0.25) is 5.02 Å². The van der Waals surface area contributed by atoms with E-state index in [1.807, 2.05) is 13.8 Å². The molecule has 1 N–H and O–H groups in total. The molecular weight excluding hydrogens is 382 g/mol. The second-order valence-electron chi connectivity index (χ2n) is 6.52. The molecule has 0 saturated heterocycles. The fourth-order valence-corrected chi connectivity index (χ4v) is 3.09. The van der Waals surface area contributed by atoms with Gasteiger partial charge in [0.25, 0.3) is 5.56 Å². The number of hydrogen-bond acceptors (Lipinski definition) is 5. The number of hydrogen-bond donors (Lipinski definition) is 1. The average Bonchev–Trinajstić information content (AvgIpc) is 3.03. The minimum absolute atomic E-state index is 0.0610. The number of nitrogens with zero attached hydrogens (tertiary/aromatic N) is 2. The Kier molecular flexibility index (Phi) is 6.04. The van der Waals surface area contributed by atoms with Crippen molar-refractivity contribution >= 4 is 28.8 Å². The van der Waals surface area contributed by atoms with Gasteiger partial charge in [-0.25, -0.2) is 4.98 Å². The highest BCUT2D eigenvalue weighted by Gasteiger charge is 2.17. The first-order chi connectivity index (χ1) is 13.4. The largest absolute Gasteiger partial charge is 0.485 e. The zero-order chi connectivity index (χ0) is 20.3. The summed E-state index contributed by atoms with van der Waals surface area (Å²) in [5.41, 5.74) is 1.04. The van der Waals surface area contributed by atoms with E-state index in [9.17, 15) is 9.59 Å². The third kappa shape index (κ3) is 4.36. The molecule has 0 aliphatic carbocycles. The number of anilines is 1. The molecule has 0 unspecified atom stereocenters. The Balaban J connectivity index is 1.81. The summed E-state index contributed by atoms with van der Waals surface area (Å²) < 4.78 is 12.2. The molecule has 0 bridgehead atoms. The van der Waals surface area contributed by atoms with Crippen LogP contribution in [0.15, 0.2) is 39.6 Å². The van der Waals surface area contributed by atoms with Crippen LogP contribution >= 0.6 is 11.6 Å². The third-order valence-corrected chi connectivity index (χ3v) is 4.69. The Morgan fingerprint density at radius 1 is 1.29 bits per heavy atom. The minimum atomic E-state index is -0.324. The van der Waals surface area contributed by atoms with E-state index < -0.39 is 0 Å². The van der Waals surface area contributed by atoms with E-state index in [0.29, 0.717) is 33.6 Å². The van der Waals surface area contributed by atoms with Crippen LogP contribution in [0.25, 0.3) is 5.65 Å². The number of rotatable bonds is 7. The van der Waals surface area contributed by atoms with Gasteiger partial charge >= 0.3 is 0 Å². The normalized spacial score (nSPS) is 11.2. The lowest BCUT2D eigenvalue weighted by molar-refractivity contribution is -0.120. The van der Waals surface area contributed by atoms with Gasteiger partial charge < -0.3 is 14.6 Å². The molecule has 0 atom stereocenters. The molecule has 7 nitrogen and oxygen atoms in total. The molecule has 0 spiro atoms. The van der Waals surface area contributed by atoms with Crippen LogP contribution in [0.5, 0.6) is 5.75 Å². The second-order valence-corrected chi connectivity index (χ2v) is 6.95. The van der Waals surface area contributed by atoms with Gasteiger partial charge in [0.05, 0.1) is 11.4 Å². The van der Waals surface area contributed by atoms with Crippen molar-refractivity contribution in [1.29, 1.82) is 0 Å². The monoisotopic (exact) mass is 403 g/mol. The van der Waals surface area contributed by atoms with Gasteiger partial charge in [0.2, 0.25) is 5.91 Å². The number of ether oxygens (including phenoxy) is 1. The fraction of sp³-hybridized carbons (Fsp3) is 0.350. The van der Waals surface area contributed by atoms with E-state index in [-0.39, 0.29) is 24.0 Å². The van der Waals surface area contributed by atoms with Crippen LogP contribution in [-0.4, -0.2) is 15.5 Å². The maximum Gasteiger partial charge on any atom is 0.287 e. The van der Waals surface area contributed by atoms with Crippen LogP contribution in [0.3, 0.4) is 0 Å². The van der Waals surface area contributed by atoms with Crippen molar-refractivity contribution in [3.05, 3.63) is 57.2 Å². The highest BCUT2D eigenvalue weighted by molar-refractivity contribution is 6.31. The maximum atomic E-state index is 12.4. The highest BCUT2D eigenvalue weighted by Crippen LogP contribution is 2.29. The first-order valence-electron chi connectivity index (χ1n) is 9.14. The van der Waals surface area contributed by atoms with Gasteiger partial charge in [-0.2, -0.15) is 0 Å². The molecule has 148 valence electrons. The van der Waals surface area contributed by atoms with E-state index in [4.69, 9.17) is 20.9 Å². The smallest absolute Gasteiger partial charge is 0.287 e. The van der Waals surface area contributed by atoms with Gasteiger partial charge in [-0.15, -0.1) is 4.57 Å². The highest BCUT2D eigenvalue weighted by atomic mass is 35.5. The predicted octanol–water partition coefficient (Wildman–Crippen LogP) is 4.20. The first-order valence-corrected chi connectivity index (χ1v) is 9.51. The van der Waals surface area contributed by atoms with Crippen LogP contribution in [0, 0.1) is 12.8 Å². The van der Waals surface area contributed by atoms with E-state index >= 15 is 0 Å². The SMILES string of the molecule is CCC(CC)C(=O)Nc1cc(Cl)ccc1OCc1cc(=O)n2oc(C)cc2n1. The standard InChI is InChI=1S/C20H22ClN3O4/c1-4-13(5-2)20(26)23-16-9-14(21)6-7-17(16)27-11-15-10-19(25)24-18(22-15)8-12(3)28-24/h6-10,13H,4-5,11H2,1-3H3,(H,23,26). The Morgan fingerprint density at radius 2 is 2.04 bits per heavy atom. The van der Waals surface area contributed by atoms with Crippen molar-refractivity contribution in [2.24, 2.45) is 5.92 Å². The zero-order valence-corrected chi connectivity index (χ0v) is 16.7. The molecule has 3 rings (SSSR count). The Morgan fingerprint density at radius 3 is 2.75 bits per heavy atom. The summed E-state index contributed by atoms with van der Waals surface area (Å²) in [4.78, 5) is 28.9. The van der Waals surface area contributed by atoms with Gasteiger partial charge in [0.15, 0.2) is 5.65 Å². The predicted molar refractivity (Wildman–Crippen MR) is 107 cm³/mol. The number of halogens is 1. The number of amides is 1. The molecule has 0 saturated carbocycles. The number of aromatic nitrogens is 2. The van der Waals surface area contributed by atoms with Gasteiger partial charge in [0, 0.05) is 23.1 Å². The van der Waals surface area contributed by atoms with E-state index in [1.54, 1.807) is 31.2 Å². The quantitative estimate of drug-likeness (QED) is 0.638. The summed E-state index contributed by atoms with van der Waals surface area (Å²) in [6.45, 7) is 5.75. The van der Waals surface area contributed by atoms with Crippen LogP contribution < -0.4 is 15.6 Å². The van der Waals surface area contributed by atoms with Crippen molar-refractivity contribution in [2.45, 2.75) is 40.2 Å². The first kappa shape index (κ1) is 19.9.